The molecule has 0 N–H and O–H groups in total. The fourth-order valence-electron chi connectivity index (χ4n) is 4.86. The van der Waals surface area contributed by atoms with Gasteiger partial charge in [0.1, 0.15) is 12.1 Å². The monoisotopic (exact) mass is 503 g/mol. The third kappa shape index (κ3) is 3.73. The maximum Gasteiger partial charge on any atom is 0.228 e. The quantitative estimate of drug-likeness (QED) is 0.196. The molecule has 0 saturated carbocycles. The molecule has 0 spiro atoms. The summed E-state index contributed by atoms with van der Waals surface area (Å²) in [5, 5.41) is 13.0. The van der Waals surface area contributed by atoms with E-state index < -0.39 is 0 Å². The standard InChI is InChI=1S/C29H21N5O2S/c1-18(23-12-7-15-37-23)33-35-16-24-31-28-26-25(20-9-3-2-4-10-20)22-14-13-19-8-5-6-11-21(19)27(22)36-29(26)30-17-34(28)32-24/h2-15,17,25H,16H2,1H3. The van der Waals surface area contributed by atoms with Crippen molar-refractivity contribution in [2.24, 2.45) is 5.16 Å². The molecule has 0 aliphatic carbocycles. The van der Waals surface area contributed by atoms with E-state index in [9.17, 15) is 0 Å². The summed E-state index contributed by atoms with van der Waals surface area (Å²) in [6, 6.07) is 26.9. The first-order valence-corrected chi connectivity index (χ1v) is 12.8. The molecule has 1 aliphatic heterocycles. The molecule has 3 aromatic carbocycles. The van der Waals surface area contributed by atoms with Crippen LogP contribution >= 0.6 is 11.3 Å². The van der Waals surface area contributed by atoms with Crippen molar-refractivity contribution in [3.63, 3.8) is 0 Å². The molecule has 0 amide bonds. The lowest BCUT2D eigenvalue weighted by Crippen LogP contribution is -2.15. The van der Waals surface area contributed by atoms with Gasteiger partial charge in [-0.1, -0.05) is 78.0 Å². The zero-order chi connectivity index (χ0) is 24.8. The predicted octanol–water partition coefficient (Wildman–Crippen LogP) is 6.57. The third-order valence-corrected chi connectivity index (χ3v) is 7.52. The Morgan fingerprint density at radius 2 is 1.89 bits per heavy atom. The van der Waals surface area contributed by atoms with E-state index in [4.69, 9.17) is 14.6 Å². The first-order valence-electron chi connectivity index (χ1n) is 12.0. The van der Waals surface area contributed by atoms with E-state index in [0.29, 0.717) is 17.4 Å². The Labute approximate surface area is 216 Å². The van der Waals surface area contributed by atoms with Crippen molar-refractivity contribution in [1.29, 1.82) is 0 Å². The molecule has 1 atom stereocenters. The van der Waals surface area contributed by atoms with Gasteiger partial charge < -0.3 is 9.57 Å². The SMILES string of the molecule is CC(=NOCc1nc2c3c(ncn2n1)Oc1c(ccc2ccccc12)C3c1ccccc1)c1cccs1. The predicted molar refractivity (Wildman–Crippen MR) is 144 cm³/mol. The number of hydrogen-bond acceptors (Lipinski definition) is 7. The number of thiophene rings is 1. The maximum absolute atomic E-state index is 6.47. The third-order valence-electron chi connectivity index (χ3n) is 6.55. The van der Waals surface area contributed by atoms with E-state index in [0.717, 1.165) is 43.8 Å². The van der Waals surface area contributed by atoms with Gasteiger partial charge in [0.2, 0.25) is 5.88 Å². The van der Waals surface area contributed by atoms with Crippen molar-refractivity contribution in [3.8, 4) is 11.6 Å². The summed E-state index contributed by atoms with van der Waals surface area (Å²) >= 11 is 1.62. The summed E-state index contributed by atoms with van der Waals surface area (Å²) in [5.41, 5.74) is 4.60. The molecular weight excluding hydrogens is 482 g/mol. The highest BCUT2D eigenvalue weighted by molar-refractivity contribution is 7.12. The smallest absolute Gasteiger partial charge is 0.228 e. The largest absolute Gasteiger partial charge is 0.438 e. The first-order chi connectivity index (χ1) is 18.3. The molecule has 0 radical (unpaired) electrons. The van der Waals surface area contributed by atoms with Crippen LogP contribution in [0.25, 0.3) is 16.4 Å². The zero-order valence-corrected chi connectivity index (χ0v) is 20.7. The van der Waals surface area contributed by atoms with Crippen LogP contribution in [0.5, 0.6) is 11.6 Å². The van der Waals surface area contributed by atoms with Gasteiger partial charge in [0.05, 0.1) is 16.2 Å². The normalized spacial score (nSPS) is 14.8. The minimum Gasteiger partial charge on any atom is -0.438 e. The van der Waals surface area contributed by atoms with Crippen molar-refractivity contribution in [2.75, 3.05) is 0 Å². The van der Waals surface area contributed by atoms with E-state index in [1.54, 1.807) is 22.2 Å². The molecule has 3 aromatic heterocycles. The van der Waals surface area contributed by atoms with Crippen LogP contribution in [0.15, 0.2) is 95.7 Å². The fraction of sp³-hybridized carbons (Fsp3) is 0.103. The second-order valence-corrected chi connectivity index (χ2v) is 9.79. The van der Waals surface area contributed by atoms with E-state index in [1.807, 2.05) is 42.6 Å². The Morgan fingerprint density at radius 1 is 1.03 bits per heavy atom. The molecule has 37 heavy (non-hydrogen) atoms. The Bertz CT molecular complexity index is 1780. The zero-order valence-electron chi connectivity index (χ0n) is 19.9. The maximum atomic E-state index is 6.47. The molecule has 7 rings (SSSR count). The van der Waals surface area contributed by atoms with E-state index in [2.05, 4.69) is 63.8 Å². The summed E-state index contributed by atoms with van der Waals surface area (Å²) < 4.78 is 8.16. The molecule has 180 valence electrons. The van der Waals surface area contributed by atoms with Crippen molar-refractivity contribution in [3.05, 3.63) is 118 Å². The van der Waals surface area contributed by atoms with Gasteiger partial charge in [0, 0.05) is 16.9 Å². The second-order valence-electron chi connectivity index (χ2n) is 8.84. The lowest BCUT2D eigenvalue weighted by atomic mass is 9.83. The number of benzene rings is 3. The number of rotatable bonds is 5. The number of hydrogen-bond donors (Lipinski definition) is 0. The number of fused-ring (bicyclic) bond motifs is 6. The van der Waals surface area contributed by atoms with Crippen molar-refractivity contribution in [1.82, 2.24) is 19.6 Å². The Morgan fingerprint density at radius 3 is 2.76 bits per heavy atom. The molecule has 0 bridgehead atoms. The van der Waals surface area contributed by atoms with Gasteiger partial charge >= 0.3 is 0 Å². The van der Waals surface area contributed by atoms with Crippen LogP contribution in [0.3, 0.4) is 0 Å². The van der Waals surface area contributed by atoms with Gasteiger partial charge in [-0.3, -0.25) is 0 Å². The lowest BCUT2D eigenvalue weighted by Gasteiger charge is -2.28. The highest BCUT2D eigenvalue weighted by Crippen LogP contribution is 2.50. The van der Waals surface area contributed by atoms with Crippen molar-refractivity contribution >= 4 is 33.5 Å². The highest BCUT2D eigenvalue weighted by Gasteiger charge is 2.34. The fourth-order valence-corrected chi connectivity index (χ4v) is 5.53. The van der Waals surface area contributed by atoms with Crippen LogP contribution in [-0.2, 0) is 11.4 Å². The van der Waals surface area contributed by atoms with Crippen LogP contribution in [0.1, 0.15) is 40.2 Å². The lowest BCUT2D eigenvalue weighted by molar-refractivity contribution is 0.125. The Hall–Kier alpha value is -4.56. The van der Waals surface area contributed by atoms with Gasteiger partial charge in [0.25, 0.3) is 0 Å². The van der Waals surface area contributed by atoms with Gasteiger partial charge in [-0.2, -0.15) is 0 Å². The summed E-state index contributed by atoms with van der Waals surface area (Å²) in [7, 11) is 0. The number of oxime groups is 1. The van der Waals surface area contributed by atoms with Gasteiger partial charge in [-0.25, -0.2) is 14.5 Å². The van der Waals surface area contributed by atoms with E-state index >= 15 is 0 Å². The first kappa shape index (κ1) is 21.7. The molecule has 4 heterocycles. The van der Waals surface area contributed by atoms with Gasteiger partial charge in [-0.05, 0) is 29.3 Å². The van der Waals surface area contributed by atoms with Crippen LogP contribution in [0.4, 0.5) is 0 Å². The minimum absolute atomic E-state index is 0.113. The van der Waals surface area contributed by atoms with Crippen molar-refractivity contribution in [2.45, 2.75) is 19.4 Å². The van der Waals surface area contributed by atoms with Gasteiger partial charge in [-0.15, -0.1) is 16.4 Å². The molecule has 8 heteroatoms. The summed E-state index contributed by atoms with van der Waals surface area (Å²) in [5.74, 6) is 1.78. The Kier molecular flexibility index (Phi) is 5.18. The molecule has 0 fully saturated rings. The summed E-state index contributed by atoms with van der Waals surface area (Å²) in [6.07, 6.45) is 1.64. The molecule has 6 aromatic rings. The number of ether oxygens (including phenoxy) is 1. The average molecular weight is 504 g/mol. The Balaban J connectivity index is 1.33. The highest BCUT2D eigenvalue weighted by atomic mass is 32.1. The molecule has 1 aliphatic rings. The summed E-state index contributed by atoms with van der Waals surface area (Å²) in [4.78, 5) is 16.2. The molecule has 0 saturated heterocycles. The van der Waals surface area contributed by atoms with Crippen LogP contribution in [0, 0.1) is 0 Å². The van der Waals surface area contributed by atoms with Crippen molar-refractivity contribution < 1.29 is 9.57 Å². The number of aromatic nitrogens is 4. The topological polar surface area (TPSA) is 73.9 Å². The average Bonchev–Trinajstić information content (AvgIpc) is 3.63. The second kappa shape index (κ2) is 8.83. The van der Waals surface area contributed by atoms with E-state index in [1.165, 1.54) is 0 Å². The van der Waals surface area contributed by atoms with E-state index in [-0.39, 0.29) is 12.5 Å². The number of nitrogens with zero attached hydrogens (tertiary/aromatic N) is 5. The summed E-state index contributed by atoms with van der Waals surface area (Å²) in [6.45, 7) is 2.07. The van der Waals surface area contributed by atoms with Crippen LogP contribution in [-0.4, -0.2) is 25.3 Å². The molecular formula is C29H21N5O2S. The minimum atomic E-state index is -0.113. The van der Waals surface area contributed by atoms with Crippen LogP contribution in [0.2, 0.25) is 0 Å². The van der Waals surface area contributed by atoms with Gasteiger partial charge in [0.15, 0.2) is 18.1 Å². The molecule has 1 unspecified atom stereocenters. The molecule has 7 nitrogen and oxygen atoms in total. The van der Waals surface area contributed by atoms with Crippen LogP contribution < -0.4 is 4.74 Å².